The zero-order valence-electron chi connectivity index (χ0n) is 14.4. The highest BCUT2D eigenvalue weighted by Crippen LogP contribution is 2.50. The van der Waals surface area contributed by atoms with E-state index in [1.807, 2.05) is 0 Å². The number of carbonyl (C=O) groups excluding carboxylic acids is 3. The van der Waals surface area contributed by atoms with Gasteiger partial charge in [-0.25, -0.2) is 0 Å². The van der Waals surface area contributed by atoms with Crippen LogP contribution in [0, 0.1) is 0 Å². The summed E-state index contributed by atoms with van der Waals surface area (Å²) in [7, 11) is 0. The summed E-state index contributed by atoms with van der Waals surface area (Å²) < 4.78 is 35.1. The molecule has 1 aliphatic heterocycles. The Kier molecular flexibility index (Phi) is 3.95. The van der Waals surface area contributed by atoms with E-state index in [1.54, 1.807) is 0 Å². The van der Waals surface area contributed by atoms with E-state index in [0.717, 1.165) is 0 Å². The average molecular weight is 406 g/mol. The molecule has 23 heavy (non-hydrogen) atoms. The lowest BCUT2D eigenvalue weighted by Crippen LogP contribution is -2.83. The monoisotopic (exact) mass is 405 g/mol. The molecule has 0 radical (unpaired) electrons. The fourth-order valence-corrected chi connectivity index (χ4v) is 2.22. The molecule has 0 aromatic rings. The number of carbonyl (C=O) groups is 3. The highest BCUT2D eigenvalue weighted by atomic mass is 79.9. The van der Waals surface area contributed by atoms with Gasteiger partial charge in [0.05, 0.1) is 0 Å². The summed E-state index contributed by atoms with van der Waals surface area (Å²) in [5, 5.41) is 41.7. The third-order valence-electron chi connectivity index (χ3n) is 2.67. The van der Waals surface area contributed by atoms with E-state index in [2.05, 4.69) is 34.9 Å². The van der Waals surface area contributed by atoms with Crippen LogP contribution in [-0.4, -0.2) is 67.0 Å². The minimum Gasteiger partial charge on any atom is -0.423 e. The zero-order chi connectivity index (χ0) is 20.4. The normalized spacial score (nSPS) is 41.9. The van der Waals surface area contributed by atoms with Gasteiger partial charge in [-0.15, -0.1) is 0 Å². The van der Waals surface area contributed by atoms with Crippen LogP contribution in [0.4, 0.5) is 0 Å². The molecule has 1 unspecified atom stereocenters. The minimum atomic E-state index is -3.93. The van der Waals surface area contributed by atoms with Crippen LogP contribution in [0.1, 0.15) is 24.8 Å². The Morgan fingerprint density at radius 3 is 1.87 bits per heavy atom. The molecule has 0 amide bonds. The Hall–Kier alpha value is -1.31. The van der Waals surface area contributed by atoms with Crippen molar-refractivity contribution >= 4 is 33.8 Å². The van der Waals surface area contributed by atoms with Crippen molar-refractivity contribution in [1.29, 1.82) is 0 Å². The summed E-state index contributed by atoms with van der Waals surface area (Å²) in [6.07, 6.45) is 0. The number of alkyl halides is 1. The SMILES string of the molecule is [2H]CC(=O)O[C@]1(O)[C@@](O)(OC(=O)C[2H])COC(O)(Br)[C@@]1(O)OC(=O)C[2H]. The summed E-state index contributed by atoms with van der Waals surface area (Å²) in [6, 6.07) is 0. The predicted octanol–water partition coefficient (Wildman–Crippen LogP) is -2.19. The number of halogens is 1. The first kappa shape index (κ1) is 15.2. The Morgan fingerprint density at radius 2 is 1.39 bits per heavy atom. The van der Waals surface area contributed by atoms with E-state index in [-0.39, 0.29) is 0 Å². The molecule has 1 saturated heterocycles. The van der Waals surface area contributed by atoms with Gasteiger partial charge < -0.3 is 39.4 Å². The summed E-state index contributed by atoms with van der Waals surface area (Å²) in [5.74, 6) is -16.0. The second-order valence-electron chi connectivity index (χ2n) is 4.34. The lowest BCUT2D eigenvalue weighted by molar-refractivity contribution is -0.522. The van der Waals surface area contributed by atoms with E-state index >= 15 is 0 Å². The average Bonchev–Trinajstić information content (AvgIpc) is 2.57. The quantitative estimate of drug-likeness (QED) is 0.174. The van der Waals surface area contributed by atoms with Gasteiger partial charge in [-0.3, -0.25) is 14.4 Å². The fourth-order valence-electron chi connectivity index (χ4n) is 1.76. The maximum absolute atomic E-state index is 11.5. The Morgan fingerprint density at radius 1 is 0.957 bits per heavy atom. The van der Waals surface area contributed by atoms with Crippen LogP contribution >= 0.6 is 15.9 Å². The molecule has 1 heterocycles. The van der Waals surface area contributed by atoms with Crippen molar-refractivity contribution in [3.8, 4) is 0 Å². The van der Waals surface area contributed by atoms with Crippen LogP contribution in [0.15, 0.2) is 0 Å². The second-order valence-corrected chi connectivity index (χ2v) is 5.42. The van der Waals surface area contributed by atoms with Crippen LogP contribution in [-0.2, 0) is 33.3 Å². The molecule has 0 aliphatic carbocycles. The van der Waals surface area contributed by atoms with Gasteiger partial charge in [0, 0.05) is 24.8 Å². The fraction of sp³-hybridized carbons (Fsp3) is 0.727. The number of hydrogen-bond acceptors (Lipinski definition) is 11. The molecular weight excluding hydrogens is 388 g/mol. The van der Waals surface area contributed by atoms with E-state index in [0.29, 0.717) is 0 Å². The Labute approximate surface area is 142 Å². The van der Waals surface area contributed by atoms with Gasteiger partial charge in [-0.05, 0) is 15.9 Å². The second kappa shape index (κ2) is 5.96. The first-order valence-corrected chi connectivity index (χ1v) is 6.37. The standard InChI is InChI=1S/C11H15BrO11/c1-5(13)21-8(16)4-20-11(12,19)10(18,23-7(3)15)9(8,17)22-6(2)14/h16-19H,4H2,1-3H3/t8-,9+,10-,11?/m0/s1/i1D,2D,3D. The molecule has 0 spiro atoms. The molecule has 4 atom stereocenters. The molecule has 0 bridgehead atoms. The van der Waals surface area contributed by atoms with Crippen molar-refractivity contribution in [2.75, 3.05) is 6.61 Å². The minimum absolute atomic E-state index is 1.09. The van der Waals surface area contributed by atoms with E-state index in [9.17, 15) is 34.8 Å². The predicted molar refractivity (Wildman–Crippen MR) is 70.0 cm³/mol. The van der Waals surface area contributed by atoms with Crippen molar-refractivity contribution in [1.82, 2.24) is 0 Å². The van der Waals surface area contributed by atoms with Crippen LogP contribution in [0.2, 0.25) is 0 Å². The zero-order valence-corrected chi connectivity index (χ0v) is 12.9. The van der Waals surface area contributed by atoms with Crippen molar-refractivity contribution < 1.29 is 57.9 Å². The van der Waals surface area contributed by atoms with Gasteiger partial charge in [-0.2, -0.15) is 0 Å². The van der Waals surface area contributed by atoms with Crippen molar-refractivity contribution in [2.45, 2.75) is 42.8 Å². The van der Waals surface area contributed by atoms with E-state index in [4.69, 9.17) is 4.11 Å². The molecule has 11 nitrogen and oxygen atoms in total. The number of rotatable bonds is 3. The summed E-state index contributed by atoms with van der Waals surface area (Å²) in [6.45, 7) is -4.76. The molecule has 0 aromatic heterocycles. The first-order chi connectivity index (χ1) is 11.8. The topological polar surface area (TPSA) is 169 Å². The van der Waals surface area contributed by atoms with Gasteiger partial charge in [0.15, 0.2) is 0 Å². The highest BCUT2D eigenvalue weighted by Gasteiger charge is 2.82. The maximum Gasteiger partial charge on any atom is 0.353 e. The first-order valence-electron chi connectivity index (χ1n) is 7.70. The summed E-state index contributed by atoms with van der Waals surface area (Å²) >= 11 is 2.35. The Bertz CT molecular complexity index is 590. The van der Waals surface area contributed by atoms with E-state index in [1.165, 1.54) is 0 Å². The van der Waals surface area contributed by atoms with Gasteiger partial charge in [0.1, 0.15) is 6.61 Å². The molecule has 0 saturated carbocycles. The third-order valence-corrected chi connectivity index (χ3v) is 3.44. The number of esters is 3. The molecule has 0 aromatic carbocycles. The van der Waals surface area contributed by atoms with Gasteiger partial charge in [-0.1, -0.05) is 0 Å². The van der Waals surface area contributed by atoms with Crippen LogP contribution in [0.5, 0.6) is 0 Å². The lowest BCUT2D eigenvalue weighted by Gasteiger charge is -2.54. The lowest BCUT2D eigenvalue weighted by atomic mass is 9.92. The molecule has 4 N–H and O–H groups in total. The molecule has 1 fully saturated rings. The number of ether oxygens (including phenoxy) is 4. The van der Waals surface area contributed by atoms with Gasteiger partial charge >= 0.3 is 35.3 Å². The van der Waals surface area contributed by atoms with Crippen LogP contribution in [0.25, 0.3) is 0 Å². The molecule has 12 heteroatoms. The summed E-state index contributed by atoms with van der Waals surface area (Å²) in [4.78, 5) is 34.3. The molecule has 132 valence electrons. The maximum atomic E-state index is 11.5. The number of hydrogen-bond donors (Lipinski definition) is 4. The van der Waals surface area contributed by atoms with Crippen molar-refractivity contribution in [3.63, 3.8) is 0 Å². The molecule has 1 rings (SSSR count). The summed E-state index contributed by atoms with van der Waals surface area (Å²) in [5.41, 5.74) is 0. The van der Waals surface area contributed by atoms with E-state index < -0.39 is 67.3 Å². The largest absolute Gasteiger partial charge is 0.423 e. The smallest absolute Gasteiger partial charge is 0.353 e. The van der Waals surface area contributed by atoms with Crippen molar-refractivity contribution in [3.05, 3.63) is 0 Å². The van der Waals surface area contributed by atoms with Crippen LogP contribution in [0.3, 0.4) is 0 Å². The van der Waals surface area contributed by atoms with Crippen LogP contribution < -0.4 is 0 Å². The third kappa shape index (κ3) is 3.18. The van der Waals surface area contributed by atoms with Crippen molar-refractivity contribution in [2.24, 2.45) is 0 Å². The highest BCUT2D eigenvalue weighted by molar-refractivity contribution is 9.10. The number of aliphatic hydroxyl groups is 4. The van der Waals surface area contributed by atoms with Gasteiger partial charge in [0.25, 0.3) is 4.70 Å². The molecular formula is C11H15BrO11. The Balaban J connectivity index is 3.58. The molecule has 1 aliphatic rings. The van der Waals surface area contributed by atoms with Gasteiger partial charge in [0.2, 0.25) is 0 Å².